The van der Waals surface area contributed by atoms with Crippen LogP contribution in [0.5, 0.6) is 0 Å². The Morgan fingerprint density at radius 2 is 2.14 bits per heavy atom. The fourth-order valence-electron chi connectivity index (χ4n) is 1.79. The summed E-state index contributed by atoms with van der Waals surface area (Å²) in [4.78, 5) is 0. The summed E-state index contributed by atoms with van der Waals surface area (Å²) in [6, 6.07) is 4.84. The summed E-state index contributed by atoms with van der Waals surface area (Å²) in [5, 5.41) is 9.90. The van der Waals surface area contributed by atoms with Crippen molar-refractivity contribution in [1.29, 1.82) is 0 Å². The number of aliphatic hydroxyl groups is 1. The van der Waals surface area contributed by atoms with Gasteiger partial charge in [0, 0.05) is 10.9 Å². The van der Waals surface area contributed by atoms with Gasteiger partial charge in [-0.25, -0.2) is 4.39 Å². The lowest BCUT2D eigenvalue weighted by atomic mass is 9.76. The molecule has 1 fully saturated rings. The number of halogens is 2. The molecule has 0 radical (unpaired) electrons. The van der Waals surface area contributed by atoms with E-state index in [0.29, 0.717) is 12.0 Å². The fourth-order valence-corrected chi connectivity index (χ4v) is 2.20. The highest BCUT2D eigenvalue weighted by Crippen LogP contribution is 2.35. The quantitative estimate of drug-likeness (QED) is 0.865. The molecule has 0 bridgehead atoms. The van der Waals surface area contributed by atoms with Crippen LogP contribution in [-0.4, -0.2) is 10.7 Å². The minimum atomic E-state index is -0.651. The van der Waals surface area contributed by atoms with Gasteiger partial charge in [0.1, 0.15) is 5.82 Å². The zero-order chi connectivity index (χ0) is 10.2. The summed E-state index contributed by atoms with van der Waals surface area (Å²) >= 11 is 3.30. The van der Waals surface area contributed by atoms with E-state index in [1.807, 2.05) is 0 Å². The van der Waals surface area contributed by atoms with Crippen LogP contribution in [0, 0.1) is 5.82 Å². The molecular formula is C11H12BrFO. The van der Waals surface area contributed by atoms with E-state index in [2.05, 4.69) is 15.9 Å². The van der Waals surface area contributed by atoms with Crippen molar-refractivity contribution in [3.05, 3.63) is 34.1 Å². The molecule has 0 atom stereocenters. The molecule has 14 heavy (non-hydrogen) atoms. The molecule has 1 nitrogen and oxygen atoms in total. The molecule has 0 aromatic heterocycles. The molecule has 1 aliphatic carbocycles. The summed E-state index contributed by atoms with van der Waals surface area (Å²) in [5.74, 6) is -0.228. The monoisotopic (exact) mass is 258 g/mol. The number of benzene rings is 1. The van der Waals surface area contributed by atoms with Crippen LogP contribution < -0.4 is 0 Å². The number of rotatable bonds is 2. The summed E-state index contributed by atoms with van der Waals surface area (Å²) in [6.45, 7) is 0. The largest absolute Gasteiger partial charge is 0.390 e. The van der Waals surface area contributed by atoms with Crippen LogP contribution in [0.2, 0.25) is 0 Å². The molecule has 0 spiro atoms. The van der Waals surface area contributed by atoms with Gasteiger partial charge in [0.15, 0.2) is 0 Å². The van der Waals surface area contributed by atoms with Crippen molar-refractivity contribution in [2.45, 2.75) is 31.3 Å². The van der Waals surface area contributed by atoms with Crippen LogP contribution in [0.1, 0.15) is 24.8 Å². The van der Waals surface area contributed by atoms with Crippen molar-refractivity contribution in [1.82, 2.24) is 0 Å². The summed E-state index contributed by atoms with van der Waals surface area (Å²) in [7, 11) is 0. The van der Waals surface area contributed by atoms with Gasteiger partial charge in [-0.2, -0.15) is 0 Å². The second kappa shape index (κ2) is 3.63. The van der Waals surface area contributed by atoms with E-state index >= 15 is 0 Å². The van der Waals surface area contributed by atoms with Gasteiger partial charge in [-0.05, 0) is 43.0 Å². The molecule has 0 heterocycles. The average molecular weight is 259 g/mol. The molecule has 0 unspecified atom stereocenters. The van der Waals surface area contributed by atoms with Crippen molar-refractivity contribution < 1.29 is 9.50 Å². The van der Waals surface area contributed by atoms with E-state index in [-0.39, 0.29) is 5.82 Å². The second-order valence-electron chi connectivity index (χ2n) is 3.99. The van der Waals surface area contributed by atoms with Crippen molar-refractivity contribution >= 4 is 15.9 Å². The lowest BCUT2D eigenvalue weighted by Crippen LogP contribution is -2.39. The minimum Gasteiger partial charge on any atom is -0.390 e. The van der Waals surface area contributed by atoms with E-state index < -0.39 is 5.60 Å². The molecule has 1 saturated carbocycles. The molecule has 0 amide bonds. The number of hydrogen-bond donors (Lipinski definition) is 1. The third kappa shape index (κ3) is 1.98. The molecule has 1 N–H and O–H groups in total. The second-order valence-corrected chi connectivity index (χ2v) is 4.91. The summed E-state index contributed by atoms with van der Waals surface area (Å²) in [6.07, 6.45) is 3.06. The van der Waals surface area contributed by atoms with Crippen molar-refractivity contribution in [3.63, 3.8) is 0 Å². The van der Waals surface area contributed by atoms with Gasteiger partial charge in [-0.3, -0.25) is 0 Å². The number of hydrogen-bond acceptors (Lipinski definition) is 1. The molecular weight excluding hydrogens is 247 g/mol. The maximum Gasteiger partial charge on any atom is 0.126 e. The Kier molecular flexibility index (Phi) is 2.62. The molecule has 2 rings (SSSR count). The lowest BCUT2D eigenvalue weighted by molar-refractivity contribution is -0.0329. The minimum absolute atomic E-state index is 0.228. The average Bonchev–Trinajstić information content (AvgIpc) is 2.09. The van der Waals surface area contributed by atoms with E-state index in [9.17, 15) is 9.50 Å². The first-order valence-corrected chi connectivity index (χ1v) is 5.55. The normalized spacial score (nSPS) is 19.1. The van der Waals surface area contributed by atoms with E-state index in [1.54, 1.807) is 12.1 Å². The van der Waals surface area contributed by atoms with Crippen LogP contribution >= 0.6 is 15.9 Å². The smallest absolute Gasteiger partial charge is 0.126 e. The Bertz CT molecular complexity index is 347. The highest BCUT2D eigenvalue weighted by molar-refractivity contribution is 9.10. The predicted octanol–water partition coefficient (Wildman–Crippen LogP) is 3.05. The van der Waals surface area contributed by atoms with E-state index in [0.717, 1.165) is 23.7 Å². The SMILES string of the molecule is OC1(Cc2cc(Br)ccc2F)CCC1. The predicted molar refractivity (Wildman–Crippen MR) is 56.6 cm³/mol. The van der Waals surface area contributed by atoms with Gasteiger partial charge in [0.05, 0.1) is 5.60 Å². The Labute approximate surface area is 91.1 Å². The zero-order valence-electron chi connectivity index (χ0n) is 7.76. The first kappa shape index (κ1) is 10.1. The maximum atomic E-state index is 13.3. The molecule has 0 aliphatic heterocycles. The molecule has 0 saturated heterocycles. The first-order valence-electron chi connectivity index (χ1n) is 4.75. The summed E-state index contributed by atoms with van der Waals surface area (Å²) < 4.78 is 14.2. The van der Waals surface area contributed by atoms with Gasteiger partial charge in [0.2, 0.25) is 0 Å². The molecule has 1 aromatic rings. The third-order valence-electron chi connectivity index (χ3n) is 2.81. The Morgan fingerprint density at radius 3 is 2.71 bits per heavy atom. The molecule has 3 heteroatoms. The third-order valence-corrected chi connectivity index (χ3v) is 3.30. The van der Waals surface area contributed by atoms with Crippen molar-refractivity contribution in [2.24, 2.45) is 0 Å². The van der Waals surface area contributed by atoms with Crippen LogP contribution in [0.25, 0.3) is 0 Å². The lowest BCUT2D eigenvalue weighted by Gasteiger charge is -2.36. The van der Waals surface area contributed by atoms with Crippen LogP contribution in [-0.2, 0) is 6.42 Å². The van der Waals surface area contributed by atoms with Gasteiger partial charge in [0.25, 0.3) is 0 Å². The van der Waals surface area contributed by atoms with Crippen molar-refractivity contribution in [3.8, 4) is 0 Å². The van der Waals surface area contributed by atoms with E-state index in [1.165, 1.54) is 6.07 Å². The Morgan fingerprint density at radius 1 is 1.43 bits per heavy atom. The van der Waals surface area contributed by atoms with Gasteiger partial charge >= 0.3 is 0 Å². The van der Waals surface area contributed by atoms with Crippen LogP contribution in [0.15, 0.2) is 22.7 Å². The topological polar surface area (TPSA) is 20.2 Å². The maximum absolute atomic E-state index is 13.3. The Balaban J connectivity index is 2.19. The van der Waals surface area contributed by atoms with Gasteiger partial charge in [-0.1, -0.05) is 15.9 Å². The summed E-state index contributed by atoms with van der Waals surface area (Å²) in [5.41, 5.74) is -0.0525. The van der Waals surface area contributed by atoms with Crippen molar-refractivity contribution in [2.75, 3.05) is 0 Å². The molecule has 76 valence electrons. The zero-order valence-corrected chi connectivity index (χ0v) is 9.35. The molecule has 1 aliphatic rings. The van der Waals surface area contributed by atoms with Crippen LogP contribution in [0.3, 0.4) is 0 Å². The standard InChI is InChI=1S/C11H12BrFO/c12-9-2-3-10(13)8(6-9)7-11(14)4-1-5-11/h2-3,6,14H,1,4-5,7H2. The van der Waals surface area contributed by atoms with Gasteiger partial charge < -0.3 is 5.11 Å². The molecule has 1 aromatic carbocycles. The van der Waals surface area contributed by atoms with Crippen LogP contribution in [0.4, 0.5) is 4.39 Å². The van der Waals surface area contributed by atoms with Gasteiger partial charge in [-0.15, -0.1) is 0 Å². The highest BCUT2D eigenvalue weighted by Gasteiger charge is 2.35. The fraction of sp³-hybridized carbons (Fsp3) is 0.455. The first-order chi connectivity index (χ1) is 6.59. The van der Waals surface area contributed by atoms with E-state index in [4.69, 9.17) is 0 Å². The highest BCUT2D eigenvalue weighted by atomic mass is 79.9. The Hall–Kier alpha value is -0.410.